The van der Waals surface area contributed by atoms with Gasteiger partial charge in [-0.05, 0) is 37.2 Å². The van der Waals surface area contributed by atoms with Crippen molar-refractivity contribution in [1.82, 2.24) is 4.90 Å². The second-order valence-corrected chi connectivity index (χ2v) is 5.61. The van der Waals surface area contributed by atoms with Crippen LogP contribution in [0.25, 0.3) is 0 Å². The lowest BCUT2D eigenvalue weighted by molar-refractivity contribution is -0.134. The van der Waals surface area contributed by atoms with Crippen LogP contribution in [0.4, 0.5) is 0 Å². The highest BCUT2D eigenvalue weighted by atomic mass is 16.3. The van der Waals surface area contributed by atoms with E-state index in [1.165, 1.54) is 5.56 Å². The lowest BCUT2D eigenvalue weighted by atomic mass is 9.97. The van der Waals surface area contributed by atoms with Gasteiger partial charge < -0.3 is 15.7 Å². The molecule has 20 heavy (non-hydrogen) atoms. The van der Waals surface area contributed by atoms with Crippen molar-refractivity contribution in [1.29, 1.82) is 0 Å². The van der Waals surface area contributed by atoms with Crippen LogP contribution < -0.4 is 5.73 Å². The Morgan fingerprint density at radius 1 is 1.40 bits per heavy atom. The highest BCUT2D eigenvalue weighted by Crippen LogP contribution is 2.17. The molecule has 1 amide bonds. The van der Waals surface area contributed by atoms with E-state index in [4.69, 9.17) is 5.73 Å². The van der Waals surface area contributed by atoms with Crippen molar-refractivity contribution in [3.63, 3.8) is 0 Å². The first-order valence-electron chi connectivity index (χ1n) is 7.40. The molecule has 4 nitrogen and oxygen atoms in total. The molecule has 1 aromatic carbocycles. The van der Waals surface area contributed by atoms with Crippen LogP contribution in [0.1, 0.15) is 24.8 Å². The van der Waals surface area contributed by atoms with Gasteiger partial charge in [0.25, 0.3) is 0 Å². The number of piperidine rings is 1. The number of nitrogens with two attached hydrogens (primary N) is 1. The topological polar surface area (TPSA) is 66.6 Å². The third kappa shape index (κ3) is 4.05. The maximum absolute atomic E-state index is 12.3. The van der Waals surface area contributed by atoms with E-state index in [2.05, 4.69) is 12.1 Å². The van der Waals surface area contributed by atoms with Gasteiger partial charge in [0.05, 0.1) is 6.04 Å². The van der Waals surface area contributed by atoms with Crippen molar-refractivity contribution in [2.24, 2.45) is 11.7 Å². The number of aliphatic hydroxyl groups is 1. The van der Waals surface area contributed by atoms with Gasteiger partial charge in [0.15, 0.2) is 0 Å². The Labute approximate surface area is 120 Å². The number of aryl methyl sites for hydroxylation is 1. The fraction of sp³-hybridized carbons (Fsp3) is 0.562. The van der Waals surface area contributed by atoms with Gasteiger partial charge in [-0.25, -0.2) is 0 Å². The molecule has 110 valence electrons. The smallest absolute Gasteiger partial charge is 0.239 e. The quantitative estimate of drug-likeness (QED) is 0.848. The maximum Gasteiger partial charge on any atom is 0.239 e. The number of hydrogen-bond acceptors (Lipinski definition) is 3. The van der Waals surface area contributed by atoms with E-state index in [0.717, 1.165) is 25.8 Å². The second-order valence-electron chi connectivity index (χ2n) is 5.61. The molecule has 0 spiro atoms. The number of aliphatic hydroxyl groups excluding tert-OH is 1. The van der Waals surface area contributed by atoms with Crippen LogP contribution in [0.5, 0.6) is 0 Å². The lowest BCUT2D eigenvalue weighted by Crippen LogP contribution is -2.48. The highest BCUT2D eigenvalue weighted by molar-refractivity contribution is 5.81. The van der Waals surface area contributed by atoms with Gasteiger partial charge in [0, 0.05) is 19.7 Å². The molecule has 2 unspecified atom stereocenters. The van der Waals surface area contributed by atoms with Crippen molar-refractivity contribution in [2.45, 2.75) is 31.7 Å². The fourth-order valence-corrected chi connectivity index (χ4v) is 2.74. The lowest BCUT2D eigenvalue weighted by Gasteiger charge is -2.33. The molecule has 0 aromatic heterocycles. The van der Waals surface area contributed by atoms with Crippen LogP contribution in [0.2, 0.25) is 0 Å². The monoisotopic (exact) mass is 276 g/mol. The van der Waals surface area contributed by atoms with Crippen LogP contribution >= 0.6 is 0 Å². The van der Waals surface area contributed by atoms with Gasteiger partial charge >= 0.3 is 0 Å². The number of amides is 1. The van der Waals surface area contributed by atoms with Gasteiger partial charge in [0.2, 0.25) is 5.91 Å². The van der Waals surface area contributed by atoms with Crippen LogP contribution in [0, 0.1) is 5.92 Å². The van der Waals surface area contributed by atoms with Crippen molar-refractivity contribution in [3.05, 3.63) is 35.9 Å². The van der Waals surface area contributed by atoms with Crippen molar-refractivity contribution >= 4 is 5.91 Å². The Hall–Kier alpha value is -1.39. The summed E-state index contributed by atoms with van der Waals surface area (Å²) in [5, 5.41) is 9.21. The van der Waals surface area contributed by atoms with E-state index >= 15 is 0 Å². The fourth-order valence-electron chi connectivity index (χ4n) is 2.74. The van der Waals surface area contributed by atoms with E-state index in [0.29, 0.717) is 13.0 Å². The Kier molecular flexibility index (Phi) is 5.56. The molecule has 0 bridgehead atoms. The predicted molar refractivity (Wildman–Crippen MR) is 79.1 cm³/mol. The molecule has 1 aliphatic heterocycles. The van der Waals surface area contributed by atoms with Gasteiger partial charge in [-0.2, -0.15) is 0 Å². The first-order chi connectivity index (χ1) is 9.70. The molecular formula is C16H24N2O2. The largest absolute Gasteiger partial charge is 0.396 e. The average molecular weight is 276 g/mol. The zero-order valence-corrected chi connectivity index (χ0v) is 11.9. The third-order valence-electron chi connectivity index (χ3n) is 3.99. The number of likely N-dealkylation sites (tertiary alicyclic amines) is 1. The molecule has 1 aliphatic rings. The minimum atomic E-state index is -0.437. The summed E-state index contributed by atoms with van der Waals surface area (Å²) in [7, 11) is 0. The number of carbonyl (C=O) groups is 1. The number of hydrogen-bond donors (Lipinski definition) is 2. The molecule has 2 rings (SSSR count). The summed E-state index contributed by atoms with van der Waals surface area (Å²) in [6, 6.07) is 9.66. The van der Waals surface area contributed by atoms with Crippen LogP contribution in [-0.2, 0) is 11.2 Å². The molecule has 0 radical (unpaired) electrons. The van der Waals surface area contributed by atoms with Crippen LogP contribution in [-0.4, -0.2) is 41.7 Å². The molecule has 1 heterocycles. The molecule has 1 fully saturated rings. The van der Waals surface area contributed by atoms with Crippen LogP contribution in [0.3, 0.4) is 0 Å². The highest BCUT2D eigenvalue weighted by Gasteiger charge is 2.26. The number of nitrogens with zero attached hydrogens (tertiary/aromatic N) is 1. The summed E-state index contributed by atoms with van der Waals surface area (Å²) in [4.78, 5) is 14.1. The maximum atomic E-state index is 12.3. The van der Waals surface area contributed by atoms with E-state index < -0.39 is 6.04 Å². The molecule has 2 atom stereocenters. The van der Waals surface area contributed by atoms with Crippen molar-refractivity contribution < 1.29 is 9.90 Å². The SMILES string of the molecule is NC(CCc1ccccc1)C(=O)N1CCCC(CO)C1. The minimum absolute atomic E-state index is 0.0269. The molecule has 3 N–H and O–H groups in total. The number of benzene rings is 1. The van der Waals surface area contributed by atoms with E-state index in [1.807, 2.05) is 23.1 Å². The molecule has 0 saturated carbocycles. The van der Waals surface area contributed by atoms with Crippen molar-refractivity contribution in [2.75, 3.05) is 19.7 Å². The minimum Gasteiger partial charge on any atom is -0.396 e. The second kappa shape index (κ2) is 7.41. The molecular weight excluding hydrogens is 252 g/mol. The summed E-state index contributed by atoms with van der Waals surface area (Å²) < 4.78 is 0. The Balaban J connectivity index is 1.82. The molecule has 1 aromatic rings. The first kappa shape index (κ1) is 15.0. The summed E-state index contributed by atoms with van der Waals surface area (Å²) in [6.45, 7) is 1.58. The van der Waals surface area contributed by atoms with Gasteiger partial charge in [-0.1, -0.05) is 30.3 Å². The summed E-state index contributed by atoms with van der Waals surface area (Å²) in [5.74, 6) is 0.244. The third-order valence-corrected chi connectivity index (χ3v) is 3.99. The molecule has 4 heteroatoms. The van der Waals surface area contributed by atoms with Crippen molar-refractivity contribution in [3.8, 4) is 0 Å². The van der Waals surface area contributed by atoms with E-state index in [9.17, 15) is 9.90 Å². The molecule has 0 aliphatic carbocycles. The zero-order valence-electron chi connectivity index (χ0n) is 11.9. The average Bonchev–Trinajstić information content (AvgIpc) is 2.53. The summed E-state index contributed by atoms with van der Waals surface area (Å²) in [6.07, 6.45) is 3.45. The van der Waals surface area contributed by atoms with E-state index in [1.54, 1.807) is 0 Å². The van der Waals surface area contributed by atoms with Gasteiger partial charge in [0.1, 0.15) is 0 Å². The van der Waals surface area contributed by atoms with Gasteiger partial charge in [-0.15, -0.1) is 0 Å². The zero-order chi connectivity index (χ0) is 14.4. The van der Waals surface area contributed by atoms with Gasteiger partial charge in [-0.3, -0.25) is 4.79 Å². The summed E-state index contributed by atoms with van der Waals surface area (Å²) >= 11 is 0. The first-order valence-corrected chi connectivity index (χ1v) is 7.40. The van der Waals surface area contributed by atoms with E-state index in [-0.39, 0.29) is 18.4 Å². The Morgan fingerprint density at radius 2 is 2.15 bits per heavy atom. The standard InChI is InChI=1S/C16H24N2O2/c17-15(9-8-13-5-2-1-3-6-13)16(20)18-10-4-7-14(11-18)12-19/h1-3,5-6,14-15,19H,4,7-12,17H2. The van der Waals surface area contributed by atoms with Crippen LogP contribution in [0.15, 0.2) is 30.3 Å². The Bertz CT molecular complexity index is 422. The number of rotatable bonds is 5. The number of carbonyl (C=O) groups excluding carboxylic acids is 1. The predicted octanol–water partition coefficient (Wildman–Crippen LogP) is 1.18. The Morgan fingerprint density at radius 3 is 2.85 bits per heavy atom. The summed E-state index contributed by atoms with van der Waals surface area (Å²) in [5.41, 5.74) is 7.24. The molecule has 1 saturated heterocycles. The normalized spacial score (nSPS) is 20.7.